The van der Waals surface area contributed by atoms with Crippen LogP contribution in [0.25, 0.3) is 0 Å². The Bertz CT molecular complexity index is 471. The van der Waals surface area contributed by atoms with E-state index >= 15 is 0 Å². The van der Waals surface area contributed by atoms with E-state index in [4.69, 9.17) is 0 Å². The van der Waals surface area contributed by atoms with Gasteiger partial charge in [-0.2, -0.15) is 14.5 Å². The minimum Gasteiger partial charge on any atom is -0.243 e. The second-order valence-electron chi connectivity index (χ2n) is 2.96. The molecule has 2 aromatic heterocycles. The largest absolute Gasteiger partial charge is 0.372 e. The molecule has 0 aliphatic rings. The predicted octanol–water partition coefficient (Wildman–Crippen LogP) is 0.257. The number of carbonyl (C=O) groups excluding carboxylic acids is 1. The number of hydrogen-bond acceptors (Lipinski definition) is 5. The average molecular weight is 206 g/mol. The number of aromatic nitrogens is 6. The van der Waals surface area contributed by atoms with Crippen LogP contribution in [0.4, 0.5) is 4.79 Å². The molecule has 0 unspecified atom stereocenters. The zero-order valence-corrected chi connectivity index (χ0v) is 8.45. The number of aryl methyl sites for hydroxylation is 2. The molecule has 7 heteroatoms. The van der Waals surface area contributed by atoms with Gasteiger partial charge in [0, 0.05) is 6.42 Å². The molecule has 2 heterocycles. The Morgan fingerprint density at radius 3 is 2.87 bits per heavy atom. The second kappa shape index (κ2) is 3.60. The summed E-state index contributed by atoms with van der Waals surface area (Å²) in [4.78, 5) is 19.6. The molecule has 0 amide bonds. The number of rotatable bonds is 1. The van der Waals surface area contributed by atoms with Gasteiger partial charge < -0.3 is 0 Å². The van der Waals surface area contributed by atoms with Gasteiger partial charge in [-0.25, -0.2) is 14.8 Å². The number of nitrogens with zero attached hydrogens (tertiary/aromatic N) is 6. The maximum absolute atomic E-state index is 11.8. The maximum Gasteiger partial charge on any atom is 0.372 e. The molecule has 7 nitrogen and oxygen atoms in total. The van der Waals surface area contributed by atoms with Crippen LogP contribution in [0, 0.1) is 6.92 Å². The lowest BCUT2D eigenvalue weighted by molar-refractivity contribution is 0.237. The second-order valence-corrected chi connectivity index (χ2v) is 2.96. The third kappa shape index (κ3) is 1.63. The molecule has 0 saturated carbocycles. The van der Waals surface area contributed by atoms with Crippen molar-refractivity contribution in [2.24, 2.45) is 0 Å². The van der Waals surface area contributed by atoms with E-state index in [1.54, 1.807) is 6.92 Å². The highest BCUT2D eigenvalue weighted by atomic mass is 16.2. The first-order valence-corrected chi connectivity index (χ1v) is 4.54. The smallest absolute Gasteiger partial charge is 0.243 e. The Kier molecular flexibility index (Phi) is 2.28. The minimum absolute atomic E-state index is 0.378. The van der Waals surface area contributed by atoms with Crippen LogP contribution in [0.1, 0.15) is 18.6 Å². The summed E-state index contributed by atoms with van der Waals surface area (Å²) in [6, 6.07) is -0.378. The zero-order chi connectivity index (χ0) is 10.8. The van der Waals surface area contributed by atoms with Gasteiger partial charge in [0.05, 0.1) is 0 Å². The monoisotopic (exact) mass is 206 g/mol. The standard InChI is InChI=1S/C8H10N6O/c1-3-7-11-6(2)14(12-7)8(15)13-5-9-4-10-13/h4-5H,3H2,1-2H3. The molecule has 0 aliphatic heterocycles. The van der Waals surface area contributed by atoms with Crippen LogP contribution in [-0.2, 0) is 6.42 Å². The lowest BCUT2D eigenvalue weighted by Crippen LogP contribution is -2.22. The van der Waals surface area contributed by atoms with Gasteiger partial charge in [-0.15, -0.1) is 5.10 Å². The fourth-order valence-electron chi connectivity index (χ4n) is 1.18. The molecule has 0 saturated heterocycles. The van der Waals surface area contributed by atoms with Crippen molar-refractivity contribution in [2.45, 2.75) is 20.3 Å². The van der Waals surface area contributed by atoms with E-state index in [0.717, 1.165) is 4.68 Å². The van der Waals surface area contributed by atoms with Crippen molar-refractivity contribution in [1.29, 1.82) is 0 Å². The normalized spacial score (nSPS) is 10.5. The molecule has 0 spiro atoms. The van der Waals surface area contributed by atoms with E-state index < -0.39 is 0 Å². The quantitative estimate of drug-likeness (QED) is 0.668. The number of hydrogen-bond donors (Lipinski definition) is 0. The Hall–Kier alpha value is -2.05. The van der Waals surface area contributed by atoms with Crippen molar-refractivity contribution in [3.63, 3.8) is 0 Å². The van der Waals surface area contributed by atoms with Gasteiger partial charge in [0.1, 0.15) is 18.5 Å². The van der Waals surface area contributed by atoms with Crippen molar-refractivity contribution < 1.29 is 4.79 Å². The molecule has 2 aromatic rings. The molecule has 0 fully saturated rings. The van der Waals surface area contributed by atoms with E-state index in [9.17, 15) is 4.79 Å². The first kappa shape index (κ1) is 9.50. The van der Waals surface area contributed by atoms with E-state index in [1.165, 1.54) is 17.3 Å². The van der Waals surface area contributed by atoms with Crippen molar-refractivity contribution >= 4 is 6.03 Å². The van der Waals surface area contributed by atoms with Gasteiger partial charge in [-0.05, 0) is 6.92 Å². The Morgan fingerprint density at radius 2 is 2.33 bits per heavy atom. The average Bonchev–Trinajstić information content (AvgIpc) is 2.85. The highest BCUT2D eigenvalue weighted by Crippen LogP contribution is 1.99. The topological polar surface area (TPSA) is 78.5 Å². The van der Waals surface area contributed by atoms with Crippen LogP contribution in [0.5, 0.6) is 0 Å². The highest BCUT2D eigenvalue weighted by Gasteiger charge is 2.14. The third-order valence-corrected chi connectivity index (χ3v) is 1.92. The van der Waals surface area contributed by atoms with Crippen molar-refractivity contribution in [2.75, 3.05) is 0 Å². The first-order valence-electron chi connectivity index (χ1n) is 4.54. The molecule has 0 N–H and O–H groups in total. The molecule has 15 heavy (non-hydrogen) atoms. The van der Waals surface area contributed by atoms with Crippen LogP contribution >= 0.6 is 0 Å². The molecule has 0 atom stereocenters. The van der Waals surface area contributed by atoms with E-state index in [2.05, 4.69) is 20.2 Å². The molecular weight excluding hydrogens is 196 g/mol. The van der Waals surface area contributed by atoms with Crippen molar-refractivity contribution in [3.05, 3.63) is 24.3 Å². The van der Waals surface area contributed by atoms with Gasteiger partial charge in [-0.3, -0.25) is 0 Å². The fourth-order valence-corrected chi connectivity index (χ4v) is 1.18. The molecule has 2 rings (SSSR count). The number of carbonyl (C=O) groups is 1. The lowest BCUT2D eigenvalue weighted by Gasteiger charge is -1.98. The summed E-state index contributed by atoms with van der Waals surface area (Å²) in [6.07, 6.45) is 3.32. The molecule has 0 bridgehead atoms. The van der Waals surface area contributed by atoms with Crippen LogP contribution in [-0.4, -0.2) is 35.6 Å². The summed E-state index contributed by atoms with van der Waals surface area (Å²) in [7, 11) is 0. The van der Waals surface area contributed by atoms with Crippen LogP contribution in [0.15, 0.2) is 12.7 Å². The van der Waals surface area contributed by atoms with Gasteiger partial charge in [-0.1, -0.05) is 6.92 Å². The summed E-state index contributed by atoms with van der Waals surface area (Å²) in [6.45, 7) is 3.65. The predicted molar refractivity (Wildman–Crippen MR) is 50.4 cm³/mol. The van der Waals surface area contributed by atoms with Crippen LogP contribution in [0.3, 0.4) is 0 Å². The molecule has 0 aliphatic carbocycles. The summed E-state index contributed by atoms with van der Waals surface area (Å²) in [5.74, 6) is 1.19. The summed E-state index contributed by atoms with van der Waals surface area (Å²) in [5.41, 5.74) is 0. The SMILES string of the molecule is CCc1nc(C)n(C(=O)n2cncn2)n1. The lowest BCUT2D eigenvalue weighted by atomic mass is 10.5. The Balaban J connectivity index is 2.37. The van der Waals surface area contributed by atoms with E-state index in [1.807, 2.05) is 6.92 Å². The maximum atomic E-state index is 11.8. The van der Waals surface area contributed by atoms with E-state index in [0.29, 0.717) is 18.1 Å². The molecule has 78 valence electrons. The summed E-state index contributed by atoms with van der Waals surface area (Å²) < 4.78 is 2.33. The van der Waals surface area contributed by atoms with Gasteiger partial charge in [0.2, 0.25) is 0 Å². The van der Waals surface area contributed by atoms with Gasteiger partial charge in [0.15, 0.2) is 5.82 Å². The molecule has 0 radical (unpaired) electrons. The third-order valence-electron chi connectivity index (χ3n) is 1.92. The Morgan fingerprint density at radius 1 is 1.53 bits per heavy atom. The fraction of sp³-hybridized carbons (Fsp3) is 0.375. The first-order chi connectivity index (χ1) is 7.22. The zero-order valence-electron chi connectivity index (χ0n) is 8.45. The van der Waals surface area contributed by atoms with Crippen LogP contribution < -0.4 is 0 Å². The van der Waals surface area contributed by atoms with Crippen LogP contribution in [0.2, 0.25) is 0 Å². The summed E-state index contributed by atoms with van der Waals surface area (Å²) in [5, 5.41) is 7.79. The molecular formula is C8H10N6O. The minimum atomic E-state index is -0.378. The highest BCUT2D eigenvalue weighted by molar-refractivity contribution is 5.77. The van der Waals surface area contributed by atoms with Gasteiger partial charge >= 0.3 is 6.03 Å². The van der Waals surface area contributed by atoms with Crippen molar-refractivity contribution in [3.8, 4) is 0 Å². The van der Waals surface area contributed by atoms with Gasteiger partial charge in [0.25, 0.3) is 0 Å². The van der Waals surface area contributed by atoms with E-state index in [-0.39, 0.29) is 6.03 Å². The Labute approximate surface area is 85.8 Å². The summed E-state index contributed by atoms with van der Waals surface area (Å²) >= 11 is 0. The van der Waals surface area contributed by atoms with Crippen molar-refractivity contribution in [1.82, 2.24) is 29.5 Å². The molecule has 0 aromatic carbocycles.